The Labute approximate surface area is 131 Å². The zero-order chi connectivity index (χ0) is 15.4. The number of amides is 1. The zero-order valence-corrected chi connectivity index (χ0v) is 13.0. The van der Waals surface area contributed by atoms with Gasteiger partial charge in [-0.3, -0.25) is 9.78 Å². The third-order valence-electron chi connectivity index (χ3n) is 4.33. The van der Waals surface area contributed by atoms with E-state index in [9.17, 15) is 4.79 Å². The molecule has 116 valence electrons. The molecule has 1 aliphatic rings. The number of carbonyl (C=O) groups excluding carboxylic acids is 1. The van der Waals surface area contributed by atoms with Crippen LogP contribution in [0.1, 0.15) is 24.4 Å². The van der Waals surface area contributed by atoms with Crippen LogP contribution in [0.5, 0.6) is 0 Å². The van der Waals surface area contributed by atoms with Gasteiger partial charge in [-0.15, -0.1) is 0 Å². The lowest BCUT2D eigenvalue weighted by molar-refractivity contribution is -0.130. The van der Waals surface area contributed by atoms with Crippen LogP contribution in [0.4, 0.5) is 0 Å². The van der Waals surface area contributed by atoms with E-state index < -0.39 is 0 Å². The van der Waals surface area contributed by atoms with Crippen molar-refractivity contribution >= 4 is 5.91 Å². The minimum atomic E-state index is 0.194. The number of imidazole rings is 1. The number of pyridine rings is 1. The normalized spacial score (nSPS) is 17.0. The summed E-state index contributed by atoms with van der Waals surface area (Å²) in [6, 6.07) is 5.82. The summed E-state index contributed by atoms with van der Waals surface area (Å²) in [5.74, 6) is 1.85. The monoisotopic (exact) mass is 298 g/mol. The summed E-state index contributed by atoms with van der Waals surface area (Å²) >= 11 is 0. The van der Waals surface area contributed by atoms with Crippen molar-refractivity contribution in [1.29, 1.82) is 0 Å². The van der Waals surface area contributed by atoms with Crippen LogP contribution in [-0.2, 0) is 24.2 Å². The van der Waals surface area contributed by atoms with Crippen molar-refractivity contribution in [2.45, 2.75) is 32.2 Å². The second-order valence-corrected chi connectivity index (χ2v) is 5.99. The Morgan fingerprint density at radius 2 is 2.27 bits per heavy atom. The van der Waals surface area contributed by atoms with E-state index in [0.29, 0.717) is 18.8 Å². The molecule has 0 aliphatic carbocycles. The van der Waals surface area contributed by atoms with E-state index >= 15 is 0 Å². The maximum absolute atomic E-state index is 12.3. The van der Waals surface area contributed by atoms with Crippen LogP contribution in [-0.4, -0.2) is 38.9 Å². The number of rotatable bonds is 5. The Kier molecular flexibility index (Phi) is 4.51. The Bertz CT molecular complexity index is 623. The SMILES string of the molecule is CN(C[C@@H]1CCn2ccnc2C1)C(=O)CCc1ccccn1. The first-order valence-electron chi connectivity index (χ1n) is 7.86. The van der Waals surface area contributed by atoms with Gasteiger partial charge >= 0.3 is 0 Å². The summed E-state index contributed by atoms with van der Waals surface area (Å²) in [7, 11) is 1.90. The quantitative estimate of drug-likeness (QED) is 0.847. The fourth-order valence-corrected chi connectivity index (χ4v) is 3.03. The van der Waals surface area contributed by atoms with E-state index in [0.717, 1.165) is 37.4 Å². The first-order valence-corrected chi connectivity index (χ1v) is 7.86. The molecule has 0 saturated carbocycles. The highest BCUT2D eigenvalue weighted by Gasteiger charge is 2.22. The molecule has 1 atom stereocenters. The molecule has 5 heteroatoms. The van der Waals surface area contributed by atoms with Crippen LogP contribution >= 0.6 is 0 Å². The van der Waals surface area contributed by atoms with Crippen molar-refractivity contribution in [3.8, 4) is 0 Å². The summed E-state index contributed by atoms with van der Waals surface area (Å²) in [4.78, 5) is 22.8. The lowest BCUT2D eigenvalue weighted by Crippen LogP contribution is -2.35. The topological polar surface area (TPSA) is 51.0 Å². The van der Waals surface area contributed by atoms with Crippen LogP contribution in [0.15, 0.2) is 36.8 Å². The minimum Gasteiger partial charge on any atom is -0.345 e. The second kappa shape index (κ2) is 6.73. The van der Waals surface area contributed by atoms with Gasteiger partial charge in [-0.2, -0.15) is 0 Å². The van der Waals surface area contributed by atoms with Crippen molar-refractivity contribution in [3.05, 3.63) is 48.3 Å². The number of fused-ring (bicyclic) bond motifs is 1. The summed E-state index contributed by atoms with van der Waals surface area (Å²) in [6.45, 7) is 1.82. The number of hydrogen-bond acceptors (Lipinski definition) is 3. The molecule has 3 rings (SSSR count). The number of aryl methyl sites for hydroxylation is 2. The predicted octanol–water partition coefficient (Wildman–Crippen LogP) is 1.93. The Morgan fingerprint density at radius 1 is 1.36 bits per heavy atom. The summed E-state index contributed by atoms with van der Waals surface area (Å²) in [5.41, 5.74) is 0.976. The highest BCUT2D eigenvalue weighted by atomic mass is 16.2. The van der Waals surface area contributed by atoms with Crippen LogP contribution in [0.3, 0.4) is 0 Å². The average Bonchev–Trinajstić information content (AvgIpc) is 3.01. The summed E-state index contributed by atoms with van der Waals surface area (Å²) < 4.78 is 2.21. The van der Waals surface area contributed by atoms with Gasteiger partial charge in [0.05, 0.1) is 0 Å². The largest absolute Gasteiger partial charge is 0.345 e. The van der Waals surface area contributed by atoms with E-state index in [1.807, 2.05) is 42.5 Å². The maximum Gasteiger partial charge on any atom is 0.222 e. The fraction of sp³-hybridized carbons (Fsp3) is 0.471. The van der Waals surface area contributed by atoms with Crippen molar-refractivity contribution in [2.75, 3.05) is 13.6 Å². The molecule has 0 aromatic carbocycles. The fourth-order valence-electron chi connectivity index (χ4n) is 3.03. The molecular formula is C17H22N4O. The molecule has 0 spiro atoms. The molecule has 1 amide bonds. The van der Waals surface area contributed by atoms with Gasteiger partial charge < -0.3 is 9.47 Å². The maximum atomic E-state index is 12.3. The van der Waals surface area contributed by atoms with Crippen molar-refractivity contribution in [2.24, 2.45) is 5.92 Å². The smallest absolute Gasteiger partial charge is 0.222 e. The van der Waals surface area contributed by atoms with Gasteiger partial charge in [0.15, 0.2) is 0 Å². The molecule has 2 aromatic rings. The molecule has 0 saturated heterocycles. The van der Waals surface area contributed by atoms with Gasteiger partial charge in [0.2, 0.25) is 5.91 Å². The molecule has 3 heterocycles. The summed E-state index contributed by atoms with van der Waals surface area (Å²) in [5, 5.41) is 0. The highest BCUT2D eigenvalue weighted by Crippen LogP contribution is 2.20. The molecule has 2 aromatic heterocycles. The number of nitrogens with zero attached hydrogens (tertiary/aromatic N) is 4. The van der Waals surface area contributed by atoms with Crippen molar-refractivity contribution in [3.63, 3.8) is 0 Å². The highest BCUT2D eigenvalue weighted by molar-refractivity contribution is 5.76. The Balaban J connectivity index is 1.47. The van der Waals surface area contributed by atoms with Gasteiger partial charge in [0, 0.05) is 57.3 Å². The number of carbonyl (C=O) groups is 1. The van der Waals surface area contributed by atoms with Crippen LogP contribution < -0.4 is 0 Å². The lowest BCUT2D eigenvalue weighted by Gasteiger charge is -2.27. The molecular weight excluding hydrogens is 276 g/mol. The van der Waals surface area contributed by atoms with E-state index in [1.54, 1.807) is 6.20 Å². The second-order valence-electron chi connectivity index (χ2n) is 5.99. The van der Waals surface area contributed by atoms with E-state index in [1.165, 1.54) is 0 Å². The predicted molar refractivity (Wildman–Crippen MR) is 84.2 cm³/mol. The average molecular weight is 298 g/mol. The molecule has 0 N–H and O–H groups in total. The third kappa shape index (κ3) is 3.53. The van der Waals surface area contributed by atoms with Gasteiger partial charge in [-0.25, -0.2) is 4.98 Å². The number of aromatic nitrogens is 3. The molecule has 0 bridgehead atoms. The van der Waals surface area contributed by atoms with Gasteiger partial charge in [-0.05, 0) is 30.9 Å². The number of hydrogen-bond donors (Lipinski definition) is 0. The van der Waals surface area contributed by atoms with E-state index in [-0.39, 0.29) is 5.91 Å². The lowest BCUT2D eigenvalue weighted by atomic mass is 9.97. The molecule has 22 heavy (non-hydrogen) atoms. The van der Waals surface area contributed by atoms with Crippen LogP contribution in [0.2, 0.25) is 0 Å². The zero-order valence-electron chi connectivity index (χ0n) is 13.0. The first kappa shape index (κ1) is 14.8. The molecule has 0 fully saturated rings. The standard InChI is InChI=1S/C17H22N4O/c1-20(17(22)6-5-15-4-2-3-8-18-15)13-14-7-10-21-11-9-19-16(21)12-14/h2-4,8-9,11,14H,5-7,10,12-13H2,1H3/t14-/m1/s1. The third-order valence-corrected chi connectivity index (χ3v) is 4.33. The van der Waals surface area contributed by atoms with E-state index in [2.05, 4.69) is 14.5 Å². The van der Waals surface area contributed by atoms with E-state index in [4.69, 9.17) is 0 Å². The van der Waals surface area contributed by atoms with Gasteiger partial charge in [0.1, 0.15) is 5.82 Å². The molecule has 1 aliphatic heterocycles. The minimum absolute atomic E-state index is 0.194. The van der Waals surface area contributed by atoms with Gasteiger partial charge in [0.25, 0.3) is 0 Å². The van der Waals surface area contributed by atoms with Crippen molar-refractivity contribution < 1.29 is 4.79 Å². The molecule has 0 unspecified atom stereocenters. The Morgan fingerprint density at radius 3 is 3.09 bits per heavy atom. The Hall–Kier alpha value is -2.17. The van der Waals surface area contributed by atoms with Crippen LogP contribution in [0.25, 0.3) is 0 Å². The summed E-state index contributed by atoms with van der Waals surface area (Å²) in [6.07, 6.45) is 8.97. The van der Waals surface area contributed by atoms with Gasteiger partial charge in [-0.1, -0.05) is 6.07 Å². The first-order chi connectivity index (χ1) is 10.7. The van der Waals surface area contributed by atoms with Crippen LogP contribution in [0, 0.1) is 5.92 Å². The van der Waals surface area contributed by atoms with Crippen molar-refractivity contribution in [1.82, 2.24) is 19.4 Å². The molecule has 0 radical (unpaired) electrons. The molecule has 5 nitrogen and oxygen atoms in total.